The van der Waals surface area contributed by atoms with E-state index in [2.05, 4.69) is 26.0 Å². The predicted octanol–water partition coefficient (Wildman–Crippen LogP) is 2.07. The van der Waals surface area contributed by atoms with Crippen LogP contribution in [-0.4, -0.2) is 26.5 Å². The van der Waals surface area contributed by atoms with Crippen LogP contribution in [0.1, 0.15) is 25.7 Å². The maximum absolute atomic E-state index is 12.3. The Morgan fingerprint density at radius 3 is 2.56 bits per heavy atom. The lowest BCUT2D eigenvalue weighted by atomic mass is 10.0. The molecule has 2 atom stereocenters. The smallest absolute Gasteiger partial charge is 0.251 e. The van der Waals surface area contributed by atoms with Crippen molar-refractivity contribution in [1.29, 1.82) is 0 Å². The topological polar surface area (TPSA) is 58.2 Å². The zero-order valence-electron chi connectivity index (χ0n) is 9.73. The largest absolute Gasteiger partial charge is 0.311 e. The highest BCUT2D eigenvalue weighted by Gasteiger charge is 2.35. The molecule has 1 aromatic rings. The summed E-state index contributed by atoms with van der Waals surface area (Å²) in [6.45, 7) is 0. The molecule has 0 radical (unpaired) electrons. The van der Waals surface area contributed by atoms with Gasteiger partial charge in [-0.15, -0.1) is 11.3 Å². The first kappa shape index (κ1) is 13.1. The Hall–Kier alpha value is 0.0500. The summed E-state index contributed by atoms with van der Waals surface area (Å²) >= 11 is 4.53. The quantitative estimate of drug-likeness (QED) is 0.877. The monoisotopic (exact) mass is 350 g/mol. The van der Waals surface area contributed by atoms with Crippen molar-refractivity contribution in [1.82, 2.24) is 10.0 Å². The molecule has 2 bridgehead atoms. The molecule has 18 heavy (non-hydrogen) atoms. The van der Waals surface area contributed by atoms with Gasteiger partial charge in [-0.25, -0.2) is 13.1 Å². The Labute approximate surface area is 119 Å². The van der Waals surface area contributed by atoms with Gasteiger partial charge in [0.15, 0.2) is 0 Å². The number of thiophene rings is 1. The van der Waals surface area contributed by atoms with Crippen molar-refractivity contribution >= 4 is 37.3 Å². The second kappa shape index (κ2) is 4.86. The summed E-state index contributed by atoms with van der Waals surface area (Å²) < 4.78 is 28.4. The minimum atomic E-state index is -3.37. The molecule has 0 aromatic carbocycles. The third-order valence-electron chi connectivity index (χ3n) is 3.62. The van der Waals surface area contributed by atoms with Crippen molar-refractivity contribution in [3.8, 4) is 0 Å². The normalized spacial score (nSPS) is 31.7. The Bertz CT molecular complexity index is 531. The molecule has 2 aliphatic rings. The summed E-state index contributed by atoms with van der Waals surface area (Å²) in [5.41, 5.74) is 0. The van der Waals surface area contributed by atoms with Crippen molar-refractivity contribution in [2.24, 2.45) is 0 Å². The first-order valence-electron chi connectivity index (χ1n) is 6.06. The van der Waals surface area contributed by atoms with Crippen molar-refractivity contribution < 1.29 is 8.42 Å². The summed E-state index contributed by atoms with van der Waals surface area (Å²) in [6, 6.07) is 2.82. The summed E-state index contributed by atoms with van der Waals surface area (Å²) in [5, 5.41) is 5.29. The fourth-order valence-corrected chi connectivity index (χ4v) is 6.51. The maximum Gasteiger partial charge on any atom is 0.251 e. The number of halogens is 1. The maximum atomic E-state index is 12.3. The molecular formula is C11H15BrN2O2S2. The van der Waals surface area contributed by atoms with Crippen LogP contribution in [0, 0.1) is 0 Å². The zero-order chi connectivity index (χ0) is 12.8. The van der Waals surface area contributed by atoms with E-state index in [1.165, 1.54) is 24.2 Å². The van der Waals surface area contributed by atoms with Crippen LogP contribution in [0.2, 0.25) is 0 Å². The lowest BCUT2D eigenvalue weighted by molar-refractivity contribution is 0.345. The molecule has 7 heteroatoms. The molecule has 4 nitrogen and oxygen atoms in total. The number of nitrogens with one attached hydrogen (secondary N) is 2. The predicted molar refractivity (Wildman–Crippen MR) is 75.3 cm³/mol. The molecule has 0 aliphatic carbocycles. The highest BCUT2D eigenvalue weighted by Crippen LogP contribution is 2.30. The molecule has 2 aliphatic heterocycles. The molecule has 0 spiro atoms. The average Bonchev–Trinajstić information content (AvgIpc) is 2.85. The molecule has 100 valence electrons. The first-order chi connectivity index (χ1) is 8.54. The lowest BCUT2D eigenvalue weighted by Crippen LogP contribution is -2.47. The molecule has 1 aromatic heterocycles. The second-order valence-electron chi connectivity index (χ2n) is 4.98. The molecule has 3 heterocycles. The van der Waals surface area contributed by atoms with E-state index in [0.717, 1.165) is 12.8 Å². The van der Waals surface area contributed by atoms with E-state index in [9.17, 15) is 8.42 Å². The van der Waals surface area contributed by atoms with Gasteiger partial charge in [-0.2, -0.15) is 0 Å². The van der Waals surface area contributed by atoms with Crippen LogP contribution in [0.15, 0.2) is 20.1 Å². The van der Waals surface area contributed by atoms with E-state index in [1.54, 1.807) is 11.4 Å². The summed E-state index contributed by atoms with van der Waals surface area (Å²) in [4.78, 5) is 0. The fraction of sp³-hybridized carbons (Fsp3) is 0.636. The zero-order valence-corrected chi connectivity index (χ0v) is 12.9. The molecular weight excluding hydrogens is 336 g/mol. The van der Waals surface area contributed by atoms with Gasteiger partial charge in [0, 0.05) is 22.6 Å². The Balaban J connectivity index is 1.75. The molecule has 2 unspecified atom stereocenters. The minimum absolute atomic E-state index is 0.0720. The molecule has 2 N–H and O–H groups in total. The molecule has 2 fully saturated rings. The third-order valence-corrected chi connectivity index (χ3v) is 7.81. The summed E-state index contributed by atoms with van der Waals surface area (Å²) in [7, 11) is -3.37. The van der Waals surface area contributed by atoms with Crippen molar-refractivity contribution in [2.75, 3.05) is 0 Å². The average molecular weight is 351 g/mol. The Kier molecular flexibility index (Phi) is 3.53. The van der Waals surface area contributed by atoms with Crippen LogP contribution in [0.3, 0.4) is 0 Å². The highest BCUT2D eigenvalue weighted by atomic mass is 79.9. The van der Waals surface area contributed by atoms with Crippen LogP contribution in [0.5, 0.6) is 0 Å². The lowest BCUT2D eigenvalue weighted by Gasteiger charge is -2.29. The van der Waals surface area contributed by atoms with Gasteiger partial charge in [0.05, 0.1) is 0 Å². The third kappa shape index (κ3) is 2.51. The minimum Gasteiger partial charge on any atom is -0.311 e. The number of hydrogen-bond acceptors (Lipinski definition) is 4. The van der Waals surface area contributed by atoms with E-state index < -0.39 is 10.0 Å². The van der Waals surface area contributed by atoms with Gasteiger partial charge in [-0.3, -0.25) is 0 Å². The van der Waals surface area contributed by atoms with Crippen LogP contribution >= 0.6 is 27.3 Å². The number of hydrogen-bond donors (Lipinski definition) is 2. The summed E-state index contributed by atoms with van der Waals surface area (Å²) in [5.74, 6) is 0. The second-order valence-corrected chi connectivity index (χ2v) is 8.66. The number of sulfonamides is 1. The standard InChI is InChI=1S/C11H15BrN2O2S2/c12-10-3-4-17-11(10)18(15,16)14-9-5-7-1-2-8(6-9)13-7/h3-4,7-9,13-14H,1-2,5-6H2. The molecule has 0 amide bonds. The van der Waals surface area contributed by atoms with Crippen molar-refractivity contribution in [3.63, 3.8) is 0 Å². The highest BCUT2D eigenvalue weighted by molar-refractivity contribution is 9.10. The van der Waals surface area contributed by atoms with E-state index in [4.69, 9.17) is 0 Å². The number of fused-ring (bicyclic) bond motifs is 2. The SMILES string of the molecule is O=S(=O)(NC1CC2CCC(C1)N2)c1sccc1Br. The van der Waals surface area contributed by atoms with Crippen LogP contribution < -0.4 is 10.0 Å². The van der Waals surface area contributed by atoms with Crippen LogP contribution in [0.25, 0.3) is 0 Å². The molecule has 3 rings (SSSR count). The van der Waals surface area contributed by atoms with E-state index in [1.807, 2.05) is 0 Å². The van der Waals surface area contributed by atoms with Crippen molar-refractivity contribution in [2.45, 2.75) is 48.0 Å². The van der Waals surface area contributed by atoms with Gasteiger partial charge >= 0.3 is 0 Å². The Morgan fingerprint density at radius 1 is 1.33 bits per heavy atom. The van der Waals surface area contributed by atoms with Gasteiger partial charge in [0.2, 0.25) is 0 Å². The first-order valence-corrected chi connectivity index (χ1v) is 9.21. The van der Waals surface area contributed by atoms with E-state index >= 15 is 0 Å². The number of rotatable bonds is 3. The van der Waals surface area contributed by atoms with E-state index in [0.29, 0.717) is 20.8 Å². The Morgan fingerprint density at radius 2 is 2.00 bits per heavy atom. The van der Waals surface area contributed by atoms with Crippen LogP contribution in [-0.2, 0) is 10.0 Å². The fourth-order valence-electron chi connectivity index (χ4n) is 2.90. The van der Waals surface area contributed by atoms with Crippen LogP contribution in [0.4, 0.5) is 0 Å². The van der Waals surface area contributed by atoms with Gasteiger partial charge in [0.1, 0.15) is 4.21 Å². The number of piperidine rings is 1. The van der Waals surface area contributed by atoms with Crippen molar-refractivity contribution in [3.05, 3.63) is 15.9 Å². The molecule has 0 saturated carbocycles. The van der Waals surface area contributed by atoms with Gasteiger partial charge in [-0.1, -0.05) is 0 Å². The van der Waals surface area contributed by atoms with Gasteiger partial charge in [-0.05, 0) is 53.1 Å². The van der Waals surface area contributed by atoms with Gasteiger partial charge in [0.25, 0.3) is 10.0 Å². The molecule has 2 saturated heterocycles. The van der Waals surface area contributed by atoms with E-state index in [-0.39, 0.29) is 6.04 Å². The van der Waals surface area contributed by atoms with Gasteiger partial charge < -0.3 is 5.32 Å². The summed E-state index contributed by atoms with van der Waals surface area (Å²) in [6.07, 6.45) is 4.15.